The van der Waals surface area contributed by atoms with Gasteiger partial charge in [-0.3, -0.25) is 4.79 Å². The second-order valence-electron chi connectivity index (χ2n) is 5.84. The van der Waals surface area contributed by atoms with Crippen LogP contribution in [0.15, 0.2) is 41.9 Å². The van der Waals surface area contributed by atoms with E-state index >= 15 is 0 Å². The molecule has 0 saturated carbocycles. The lowest BCUT2D eigenvalue weighted by Crippen LogP contribution is -2.39. The zero-order valence-corrected chi connectivity index (χ0v) is 15.2. The fourth-order valence-electron chi connectivity index (χ4n) is 3.20. The van der Waals surface area contributed by atoms with Gasteiger partial charge in [0.25, 0.3) is 5.82 Å². The molecule has 0 saturated heterocycles. The zero-order valence-electron chi connectivity index (χ0n) is 12.8. The minimum Gasteiger partial charge on any atom is -0.289 e. The average Bonchev–Trinajstić information content (AvgIpc) is 3.28. The van der Waals surface area contributed by atoms with Gasteiger partial charge in [0.15, 0.2) is 12.2 Å². The predicted octanol–water partition coefficient (Wildman–Crippen LogP) is 4.64. The van der Waals surface area contributed by atoms with Crippen molar-refractivity contribution in [2.24, 2.45) is 0 Å². The normalized spacial score (nSPS) is 13.2. The SMILES string of the molecule is O=C(C[n+]1cc(-c2ccc(Cl)c(Cl)c2)n2c1CCC2)c1cccs1. The maximum atomic E-state index is 12.5. The number of hydrogen-bond donors (Lipinski definition) is 0. The van der Waals surface area contributed by atoms with Gasteiger partial charge in [-0.2, -0.15) is 0 Å². The first-order valence-corrected chi connectivity index (χ1v) is 9.41. The van der Waals surface area contributed by atoms with Gasteiger partial charge in [-0.15, -0.1) is 11.3 Å². The third kappa shape index (κ3) is 2.79. The summed E-state index contributed by atoms with van der Waals surface area (Å²) in [7, 11) is 0. The molecule has 1 aliphatic heterocycles. The van der Waals surface area contributed by atoms with Crippen LogP contribution in [0.1, 0.15) is 21.9 Å². The Morgan fingerprint density at radius 1 is 1.25 bits per heavy atom. The van der Waals surface area contributed by atoms with Crippen molar-refractivity contribution in [2.75, 3.05) is 0 Å². The Balaban J connectivity index is 1.72. The number of imidazole rings is 1. The molecule has 122 valence electrons. The number of ketones is 1. The van der Waals surface area contributed by atoms with Gasteiger partial charge in [-0.05, 0) is 36.1 Å². The quantitative estimate of drug-likeness (QED) is 0.480. The molecule has 0 fully saturated rings. The molecular weight excluding hydrogens is 363 g/mol. The summed E-state index contributed by atoms with van der Waals surface area (Å²) >= 11 is 13.7. The van der Waals surface area contributed by atoms with Crippen molar-refractivity contribution in [1.82, 2.24) is 4.57 Å². The number of benzene rings is 1. The summed E-state index contributed by atoms with van der Waals surface area (Å²) in [4.78, 5) is 13.3. The van der Waals surface area contributed by atoms with Gasteiger partial charge in [0.05, 0.1) is 27.9 Å². The molecule has 0 bridgehead atoms. The predicted molar refractivity (Wildman–Crippen MR) is 97.1 cm³/mol. The standard InChI is InChI=1S/C18H15Cl2N2OS/c19-13-6-5-12(9-14(13)20)15-10-21(18-4-1-7-22(15)18)11-16(23)17-3-2-8-24-17/h2-3,5-6,8-10H,1,4,7,11H2/q+1. The number of carbonyl (C=O) groups excluding carboxylic acids is 1. The molecular formula is C18H15Cl2N2OS+. The highest BCUT2D eigenvalue weighted by atomic mass is 35.5. The second-order valence-corrected chi connectivity index (χ2v) is 7.61. The topological polar surface area (TPSA) is 25.9 Å². The zero-order chi connectivity index (χ0) is 16.7. The van der Waals surface area contributed by atoms with Crippen molar-refractivity contribution >= 4 is 40.3 Å². The smallest absolute Gasteiger partial charge is 0.257 e. The van der Waals surface area contributed by atoms with E-state index in [1.807, 2.05) is 35.7 Å². The van der Waals surface area contributed by atoms with Gasteiger partial charge >= 0.3 is 0 Å². The Labute approximate surface area is 154 Å². The molecule has 0 spiro atoms. The van der Waals surface area contributed by atoms with E-state index in [-0.39, 0.29) is 5.78 Å². The summed E-state index contributed by atoms with van der Waals surface area (Å²) < 4.78 is 4.36. The Hall–Kier alpha value is -1.62. The Bertz CT molecular complexity index is 915. The van der Waals surface area contributed by atoms with Crippen LogP contribution in [-0.4, -0.2) is 10.4 Å². The van der Waals surface area contributed by atoms with Gasteiger partial charge in [-0.25, -0.2) is 9.13 Å². The van der Waals surface area contributed by atoms with E-state index in [0.29, 0.717) is 16.6 Å². The van der Waals surface area contributed by atoms with Crippen molar-refractivity contribution < 1.29 is 9.36 Å². The fourth-order valence-corrected chi connectivity index (χ4v) is 4.16. The fraction of sp³-hybridized carbons (Fsp3) is 0.222. The van der Waals surface area contributed by atoms with E-state index in [2.05, 4.69) is 15.3 Å². The summed E-state index contributed by atoms with van der Waals surface area (Å²) in [5.41, 5.74) is 2.11. The van der Waals surface area contributed by atoms with E-state index in [1.165, 1.54) is 17.2 Å². The maximum Gasteiger partial charge on any atom is 0.257 e. The Kier molecular flexibility index (Phi) is 4.21. The number of Topliss-reactive ketones (excluding diaryl/α,β-unsaturated/α-hetero) is 1. The molecule has 0 unspecified atom stereocenters. The molecule has 2 aromatic heterocycles. The van der Waals surface area contributed by atoms with Crippen LogP contribution in [0.5, 0.6) is 0 Å². The first-order chi connectivity index (χ1) is 11.6. The number of halogens is 2. The molecule has 1 aliphatic rings. The van der Waals surface area contributed by atoms with Crippen LogP contribution in [0.4, 0.5) is 0 Å². The lowest BCUT2D eigenvalue weighted by molar-refractivity contribution is -0.689. The van der Waals surface area contributed by atoms with Gasteiger partial charge in [0, 0.05) is 5.56 Å². The van der Waals surface area contributed by atoms with Crippen molar-refractivity contribution in [3.05, 3.63) is 62.7 Å². The molecule has 0 atom stereocenters. The number of carbonyl (C=O) groups is 1. The van der Waals surface area contributed by atoms with Gasteiger partial charge in [0.1, 0.15) is 6.20 Å². The van der Waals surface area contributed by atoms with Crippen molar-refractivity contribution in [1.29, 1.82) is 0 Å². The summed E-state index contributed by atoms with van der Waals surface area (Å²) in [5, 5.41) is 3.03. The lowest BCUT2D eigenvalue weighted by Gasteiger charge is -2.01. The van der Waals surface area contributed by atoms with Crippen LogP contribution in [-0.2, 0) is 19.5 Å². The molecule has 4 rings (SSSR count). The molecule has 24 heavy (non-hydrogen) atoms. The number of aromatic nitrogens is 2. The van der Waals surface area contributed by atoms with Gasteiger partial charge in [0.2, 0.25) is 5.78 Å². The highest BCUT2D eigenvalue weighted by Crippen LogP contribution is 2.30. The van der Waals surface area contributed by atoms with E-state index in [0.717, 1.165) is 35.5 Å². The number of thiophene rings is 1. The molecule has 0 radical (unpaired) electrons. The molecule has 1 aromatic carbocycles. The third-order valence-electron chi connectivity index (χ3n) is 4.32. The summed E-state index contributed by atoms with van der Waals surface area (Å²) in [5.74, 6) is 1.34. The van der Waals surface area contributed by atoms with Gasteiger partial charge < -0.3 is 0 Å². The highest BCUT2D eigenvalue weighted by molar-refractivity contribution is 7.12. The van der Waals surface area contributed by atoms with E-state index in [1.54, 1.807) is 0 Å². The molecule has 6 heteroatoms. The Morgan fingerprint density at radius 2 is 2.12 bits per heavy atom. The minimum absolute atomic E-state index is 0.149. The molecule has 0 aliphatic carbocycles. The third-order valence-corrected chi connectivity index (χ3v) is 5.97. The summed E-state index contributed by atoms with van der Waals surface area (Å²) in [6, 6.07) is 9.46. The highest BCUT2D eigenvalue weighted by Gasteiger charge is 2.30. The first-order valence-electron chi connectivity index (χ1n) is 7.77. The van der Waals surface area contributed by atoms with E-state index in [4.69, 9.17) is 23.2 Å². The van der Waals surface area contributed by atoms with Crippen molar-refractivity contribution in [3.63, 3.8) is 0 Å². The largest absolute Gasteiger partial charge is 0.289 e. The monoisotopic (exact) mass is 377 g/mol. The average molecular weight is 378 g/mol. The van der Waals surface area contributed by atoms with Crippen LogP contribution >= 0.6 is 34.5 Å². The summed E-state index contributed by atoms with van der Waals surface area (Å²) in [6.45, 7) is 1.34. The number of hydrogen-bond acceptors (Lipinski definition) is 2. The van der Waals surface area contributed by atoms with E-state index < -0.39 is 0 Å². The number of fused-ring (bicyclic) bond motifs is 1. The molecule has 3 nitrogen and oxygen atoms in total. The van der Waals surface area contributed by atoms with Crippen molar-refractivity contribution in [3.8, 4) is 11.3 Å². The van der Waals surface area contributed by atoms with Crippen LogP contribution in [0.25, 0.3) is 11.3 Å². The van der Waals surface area contributed by atoms with Crippen LogP contribution in [0.2, 0.25) is 10.0 Å². The van der Waals surface area contributed by atoms with E-state index in [9.17, 15) is 4.79 Å². The Morgan fingerprint density at radius 3 is 2.88 bits per heavy atom. The summed E-state index contributed by atoms with van der Waals surface area (Å²) in [6.07, 6.45) is 4.14. The van der Waals surface area contributed by atoms with Crippen LogP contribution in [0, 0.1) is 0 Å². The minimum atomic E-state index is 0.149. The van der Waals surface area contributed by atoms with Gasteiger partial charge in [-0.1, -0.05) is 29.3 Å². The molecule has 3 aromatic rings. The molecule has 0 N–H and O–H groups in total. The molecule has 0 amide bonds. The van der Waals surface area contributed by atoms with Crippen molar-refractivity contribution in [2.45, 2.75) is 25.9 Å². The first kappa shape index (κ1) is 15.9. The lowest BCUT2D eigenvalue weighted by atomic mass is 10.1. The number of rotatable bonds is 4. The maximum absolute atomic E-state index is 12.5. The van der Waals surface area contributed by atoms with Crippen LogP contribution in [0.3, 0.4) is 0 Å². The number of nitrogens with zero attached hydrogens (tertiary/aromatic N) is 2. The second kappa shape index (κ2) is 6.36. The van der Waals surface area contributed by atoms with Crippen LogP contribution < -0.4 is 4.57 Å². The molecule has 3 heterocycles.